The van der Waals surface area contributed by atoms with Gasteiger partial charge in [-0.3, -0.25) is 4.79 Å². The van der Waals surface area contributed by atoms with E-state index in [2.05, 4.69) is 15.3 Å². The molecule has 0 aliphatic rings. The number of nitrogens with zero attached hydrogens (tertiary/aromatic N) is 2. The molecule has 0 aliphatic carbocycles. The average molecular weight is 328 g/mol. The van der Waals surface area contributed by atoms with E-state index in [1.165, 1.54) is 17.4 Å². The molecule has 2 aromatic rings. The minimum absolute atomic E-state index is 0.449. The Morgan fingerprint density at radius 3 is 2.32 bits per heavy atom. The Kier molecular flexibility index (Phi) is 15.8. The largest absolute Gasteiger partial charge is 0.331 e. The van der Waals surface area contributed by atoms with Crippen molar-refractivity contribution in [1.82, 2.24) is 9.97 Å². The first kappa shape index (κ1) is 22.4. The molecule has 3 N–H and O–H groups in total. The van der Waals surface area contributed by atoms with Gasteiger partial charge in [0.15, 0.2) is 5.13 Å². The SMILES string of the molecule is CC.CC.CCN.O=CNc1nc(-c2cccc(F)n2)cs1. The highest BCUT2D eigenvalue weighted by Crippen LogP contribution is 2.22. The average Bonchev–Trinajstić information content (AvgIpc) is 3.01. The van der Waals surface area contributed by atoms with Crippen molar-refractivity contribution >= 4 is 22.9 Å². The zero-order valence-electron chi connectivity index (χ0n) is 13.8. The van der Waals surface area contributed by atoms with Gasteiger partial charge in [-0.1, -0.05) is 40.7 Å². The summed E-state index contributed by atoms with van der Waals surface area (Å²) >= 11 is 1.26. The van der Waals surface area contributed by atoms with Gasteiger partial charge in [0.25, 0.3) is 0 Å². The minimum Gasteiger partial charge on any atom is -0.331 e. The lowest BCUT2D eigenvalue weighted by molar-refractivity contribution is -0.105. The summed E-state index contributed by atoms with van der Waals surface area (Å²) < 4.78 is 12.8. The summed E-state index contributed by atoms with van der Waals surface area (Å²) in [5.74, 6) is -0.551. The summed E-state index contributed by atoms with van der Waals surface area (Å²) in [6.45, 7) is 10.7. The molecule has 2 aromatic heterocycles. The first-order chi connectivity index (χ1) is 10.7. The van der Waals surface area contributed by atoms with Crippen LogP contribution in [-0.2, 0) is 4.79 Å². The number of hydrogen-bond acceptors (Lipinski definition) is 5. The number of carbonyl (C=O) groups excluding carboxylic acids is 1. The molecule has 0 atom stereocenters. The van der Waals surface area contributed by atoms with Crippen LogP contribution in [0.15, 0.2) is 23.6 Å². The van der Waals surface area contributed by atoms with Gasteiger partial charge >= 0.3 is 0 Å². The highest BCUT2D eigenvalue weighted by atomic mass is 32.1. The van der Waals surface area contributed by atoms with Crippen LogP contribution in [0.3, 0.4) is 0 Å². The standard InChI is InChI=1S/C9H6FN3OS.C2H7N.2C2H6/c10-8-3-1-2-6(12-8)7-4-15-9(13-7)11-5-14;1-2-3;2*1-2/h1-5H,(H,11,13,14);2-3H2,1H3;2*1-2H3. The van der Waals surface area contributed by atoms with Gasteiger partial charge in [-0.15, -0.1) is 11.3 Å². The fourth-order valence-electron chi connectivity index (χ4n) is 1.06. The van der Waals surface area contributed by atoms with E-state index < -0.39 is 5.95 Å². The molecule has 0 bridgehead atoms. The topological polar surface area (TPSA) is 80.9 Å². The van der Waals surface area contributed by atoms with Crippen LogP contribution < -0.4 is 11.1 Å². The van der Waals surface area contributed by atoms with Gasteiger partial charge in [-0.2, -0.15) is 4.39 Å². The number of rotatable bonds is 3. The maximum absolute atomic E-state index is 12.8. The number of aromatic nitrogens is 2. The molecule has 2 rings (SSSR count). The number of pyridine rings is 1. The second-order valence-electron chi connectivity index (χ2n) is 3.05. The summed E-state index contributed by atoms with van der Waals surface area (Å²) in [5.41, 5.74) is 5.84. The van der Waals surface area contributed by atoms with E-state index in [0.717, 1.165) is 6.54 Å². The molecule has 0 saturated heterocycles. The zero-order valence-corrected chi connectivity index (χ0v) is 14.6. The van der Waals surface area contributed by atoms with Crippen LogP contribution in [-0.4, -0.2) is 22.9 Å². The number of hydrogen-bond donors (Lipinski definition) is 2. The Morgan fingerprint density at radius 1 is 1.23 bits per heavy atom. The second-order valence-corrected chi connectivity index (χ2v) is 3.91. The van der Waals surface area contributed by atoms with Crippen LogP contribution in [0.1, 0.15) is 34.6 Å². The third-order valence-corrected chi connectivity index (χ3v) is 2.44. The highest BCUT2D eigenvalue weighted by Gasteiger charge is 2.05. The predicted molar refractivity (Wildman–Crippen MR) is 92.4 cm³/mol. The maximum Gasteiger partial charge on any atom is 0.213 e. The zero-order chi connectivity index (χ0) is 17.4. The van der Waals surface area contributed by atoms with Crippen LogP contribution in [0.2, 0.25) is 0 Å². The molecule has 0 unspecified atom stereocenters. The third-order valence-electron chi connectivity index (χ3n) is 1.66. The number of carbonyl (C=O) groups is 1. The molecular weight excluding hydrogens is 303 g/mol. The van der Waals surface area contributed by atoms with E-state index in [9.17, 15) is 9.18 Å². The van der Waals surface area contributed by atoms with Gasteiger partial charge in [0.2, 0.25) is 12.4 Å². The fourth-order valence-corrected chi connectivity index (χ4v) is 1.72. The van der Waals surface area contributed by atoms with Gasteiger partial charge in [0, 0.05) is 5.38 Å². The van der Waals surface area contributed by atoms with Crippen LogP contribution in [0.25, 0.3) is 11.4 Å². The summed E-state index contributed by atoms with van der Waals surface area (Å²) in [6.07, 6.45) is 0.543. The second kappa shape index (κ2) is 15.5. The van der Waals surface area contributed by atoms with Crippen LogP contribution in [0.4, 0.5) is 9.52 Å². The van der Waals surface area contributed by atoms with Gasteiger partial charge < -0.3 is 11.1 Å². The normalized spacial score (nSPS) is 8.14. The third kappa shape index (κ3) is 9.15. The number of nitrogens with two attached hydrogens (primary N) is 1. The summed E-state index contributed by atoms with van der Waals surface area (Å²) in [4.78, 5) is 17.9. The van der Waals surface area contributed by atoms with Crippen LogP contribution in [0, 0.1) is 5.95 Å². The Labute approximate surface area is 135 Å². The lowest BCUT2D eigenvalue weighted by Gasteiger charge is -1.94. The first-order valence-corrected chi connectivity index (χ1v) is 8.08. The van der Waals surface area contributed by atoms with E-state index >= 15 is 0 Å². The molecule has 22 heavy (non-hydrogen) atoms. The Morgan fingerprint density at radius 2 is 1.82 bits per heavy atom. The van der Waals surface area contributed by atoms with E-state index in [0.29, 0.717) is 22.9 Å². The fraction of sp³-hybridized carbons (Fsp3) is 0.400. The molecule has 2 heterocycles. The number of nitrogens with one attached hydrogen (secondary N) is 1. The molecule has 0 aromatic carbocycles. The molecule has 1 amide bonds. The van der Waals surface area contributed by atoms with Crippen molar-refractivity contribution in [3.63, 3.8) is 0 Å². The highest BCUT2D eigenvalue weighted by molar-refractivity contribution is 7.14. The molecule has 0 fully saturated rings. The van der Waals surface area contributed by atoms with Gasteiger partial charge in [0.1, 0.15) is 5.69 Å². The maximum atomic E-state index is 12.8. The molecule has 0 spiro atoms. The van der Waals surface area contributed by atoms with E-state index in [4.69, 9.17) is 5.73 Å². The Hall–Kier alpha value is -1.86. The molecule has 7 heteroatoms. The minimum atomic E-state index is -0.551. The van der Waals surface area contributed by atoms with E-state index in [-0.39, 0.29) is 0 Å². The molecule has 0 aliphatic heterocycles. The van der Waals surface area contributed by atoms with Crippen molar-refractivity contribution in [2.75, 3.05) is 11.9 Å². The Balaban J connectivity index is 0. The molecule has 0 radical (unpaired) electrons. The molecule has 124 valence electrons. The number of thiazole rings is 1. The van der Waals surface area contributed by atoms with Crippen molar-refractivity contribution in [2.24, 2.45) is 5.73 Å². The van der Waals surface area contributed by atoms with Crippen LogP contribution in [0.5, 0.6) is 0 Å². The van der Waals surface area contributed by atoms with Crippen molar-refractivity contribution in [3.05, 3.63) is 29.5 Å². The lowest BCUT2D eigenvalue weighted by atomic mass is 10.3. The first-order valence-electron chi connectivity index (χ1n) is 7.20. The number of amides is 1. The predicted octanol–water partition coefficient (Wildman–Crippen LogP) is 3.93. The molecular formula is C15H25FN4OS. The van der Waals surface area contributed by atoms with Gasteiger partial charge in [-0.05, 0) is 18.7 Å². The van der Waals surface area contributed by atoms with Crippen LogP contribution >= 0.6 is 11.3 Å². The van der Waals surface area contributed by atoms with Gasteiger partial charge in [-0.25, -0.2) is 9.97 Å². The van der Waals surface area contributed by atoms with Gasteiger partial charge in [0.05, 0.1) is 5.69 Å². The smallest absolute Gasteiger partial charge is 0.213 e. The summed E-state index contributed by atoms with van der Waals surface area (Å²) in [5, 5.41) is 4.58. The number of halogens is 1. The molecule has 0 saturated carbocycles. The van der Waals surface area contributed by atoms with E-state index in [1.54, 1.807) is 17.5 Å². The van der Waals surface area contributed by atoms with Crippen molar-refractivity contribution in [1.29, 1.82) is 0 Å². The van der Waals surface area contributed by atoms with Crippen molar-refractivity contribution < 1.29 is 9.18 Å². The molecule has 5 nitrogen and oxygen atoms in total. The number of anilines is 1. The Bertz CT molecular complexity index is 506. The summed E-state index contributed by atoms with van der Waals surface area (Å²) in [7, 11) is 0. The monoisotopic (exact) mass is 328 g/mol. The summed E-state index contributed by atoms with van der Waals surface area (Å²) in [6, 6.07) is 4.48. The quantitative estimate of drug-likeness (QED) is 0.661. The van der Waals surface area contributed by atoms with Crippen molar-refractivity contribution in [2.45, 2.75) is 34.6 Å². The van der Waals surface area contributed by atoms with Crippen molar-refractivity contribution in [3.8, 4) is 11.4 Å². The van der Waals surface area contributed by atoms with E-state index in [1.807, 2.05) is 34.6 Å². The lowest BCUT2D eigenvalue weighted by Crippen LogP contribution is -1.93.